The van der Waals surface area contributed by atoms with Crippen LogP contribution in [0.1, 0.15) is 34.2 Å². The molecule has 6 rings (SSSR count). The number of methoxy groups -OCH3 is 1. The first kappa shape index (κ1) is 14.0. The second-order valence-corrected chi connectivity index (χ2v) is 6.77. The Kier molecular flexibility index (Phi) is 2.80. The number of phenolic OH excluding ortho intramolecular Hbond substituents is 1. The molecule has 24 heavy (non-hydrogen) atoms. The Labute approximate surface area is 140 Å². The molecule has 0 saturated carbocycles. The standard InChI is InChI=1S/C19H19NO4/c1-20-8-14-11-6-19-18(23-9-24-19)4-10(11)3-15(20)13-7-17(22-2)16(21)5-12(13)14/h4-7,14-15,21H,3,8-9H2,1-2H3/t14-,15+/m1/s1. The van der Waals surface area contributed by atoms with Crippen LogP contribution in [0, 0.1) is 0 Å². The van der Waals surface area contributed by atoms with E-state index in [2.05, 4.69) is 24.1 Å². The number of phenols is 1. The van der Waals surface area contributed by atoms with Crippen molar-refractivity contribution in [2.24, 2.45) is 0 Å². The first-order chi connectivity index (χ1) is 11.7. The van der Waals surface area contributed by atoms with Gasteiger partial charge in [0.15, 0.2) is 23.0 Å². The second kappa shape index (κ2) is 4.80. The lowest BCUT2D eigenvalue weighted by molar-refractivity contribution is 0.173. The summed E-state index contributed by atoms with van der Waals surface area (Å²) < 4.78 is 16.5. The molecule has 2 atom stereocenters. The van der Waals surface area contributed by atoms with Crippen molar-refractivity contribution < 1.29 is 19.3 Å². The molecule has 5 nitrogen and oxygen atoms in total. The van der Waals surface area contributed by atoms with Gasteiger partial charge in [-0.25, -0.2) is 0 Å². The Hall–Kier alpha value is -2.40. The third kappa shape index (κ3) is 1.79. The molecular formula is C19H19NO4. The normalized spacial score (nSPS) is 23.6. The maximum atomic E-state index is 10.3. The summed E-state index contributed by atoms with van der Waals surface area (Å²) in [5.74, 6) is 2.61. The van der Waals surface area contributed by atoms with Gasteiger partial charge in [0.1, 0.15) is 0 Å². The topological polar surface area (TPSA) is 51.2 Å². The van der Waals surface area contributed by atoms with E-state index < -0.39 is 0 Å². The molecule has 1 aliphatic carbocycles. The van der Waals surface area contributed by atoms with Crippen molar-refractivity contribution in [1.82, 2.24) is 4.90 Å². The predicted octanol–water partition coefficient (Wildman–Crippen LogP) is 2.80. The molecule has 2 aromatic rings. The molecule has 124 valence electrons. The number of aromatic hydroxyl groups is 1. The van der Waals surface area contributed by atoms with Crippen LogP contribution in [-0.4, -0.2) is 37.5 Å². The van der Waals surface area contributed by atoms with Crippen LogP contribution in [-0.2, 0) is 6.42 Å². The van der Waals surface area contributed by atoms with Crippen LogP contribution in [0.2, 0.25) is 0 Å². The van der Waals surface area contributed by atoms with Gasteiger partial charge in [-0.3, -0.25) is 4.90 Å². The smallest absolute Gasteiger partial charge is 0.231 e. The molecule has 3 aliphatic heterocycles. The van der Waals surface area contributed by atoms with Gasteiger partial charge >= 0.3 is 0 Å². The van der Waals surface area contributed by atoms with Crippen molar-refractivity contribution in [2.45, 2.75) is 18.4 Å². The Morgan fingerprint density at radius 1 is 1.08 bits per heavy atom. The molecule has 5 heteroatoms. The van der Waals surface area contributed by atoms with Gasteiger partial charge in [0.25, 0.3) is 0 Å². The number of likely N-dealkylation sites (N-methyl/N-ethyl adjacent to an activating group) is 1. The zero-order valence-corrected chi connectivity index (χ0v) is 13.7. The fourth-order valence-corrected chi connectivity index (χ4v) is 4.35. The first-order valence-corrected chi connectivity index (χ1v) is 8.19. The molecule has 0 aromatic heterocycles. The minimum absolute atomic E-state index is 0.203. The molecule has 0 fully saturated rings. The number of hydrogen-bond acceptors (Lipinski definition) is 5. The molecule has 3 heterocycles. The van der Waals surface area contributed by atoms with Gasteiger partial charge in [0, 0.05) is 18.5 Å². The van der Waals surface area contributed by atoms with Crippen molar-refractivity contribution in [1.29, 1.82) is 0 Å². The van der Waals surface area contributed by atoms with Crippen LogP contribution in [0.3, 0.4) is 0 Å². The maximum Gasteiger partial charge on any atom is 0.231 e. The van der Waals surface area contributed by atoms with Crippen LogP contribution in [0.5, 0.6) is 23.0 Å². The number of ether oxygens (including phenoxy) is 3. The zero-order valence-electron chi connectivity index (χ0n) is 13.7. The van der Waals surface area contributed by atoms with E-state index in [9.17, 15) is 5.11 Å². The van der Waals surface area contributed by atoms with Gasteiger partial charge in [-0.2, -0.15) is 0 Å². The quantitative estimate of drug-likeness (QED) is 0.874. The molecule has 0 radical (unpaired) electrons. The van der Waals surface area contributed by atoms with Gasteiger partial charge in [-0.05, 0) is 60.0 Å². The molecule has 2 bridgehead atoms. The van der Waals surface area contributed by atoms with Crippen molar-refractivity contribution in [3.05, 3.63) is 46.5 Å². The molecule has 2 aromatic carbocycles. The minimum Gasteiger partial charge on any atom is -0.504 e. The summed E-state index contributed by atoms with van der Waals surface area (Å²) in [5, 5.41) is 10.3. The highest BCUT2D eigenvalue weighted by Crippen LogP contribution is 2.50. The van der Waals surface area contributed by atoms with E-state index >= 15 is 0 Å². The van der Waals surface area contributed by atoms with E-state index in [4.69, 9.17) is 14.2 Å². The number of hydrogen-bond donors (Lipinski definition) is 1. The summed E-state index contributed by atoms with van der Waals surface area (Å²) in [6.07, 6.45) is 0.917. The van der Waals surface area contributed by atoms with Crippen LogP contribution in [0.25, 0.3) is 0 Å². The summed E-state index contributed by atoms with van der Waals surface area (Å²) >= 11 is 0. The SMILES string of the molecule is COc1cc2c(cc1O)[C@@H]1CN(C)[C@H]2Cc2cc3c(cc21)OCO3. The Bertz CT molecular complexity index is 848. The van der Waals surface area contributed by atoms with Gasteiger partial charge < -0.3 is 19.3 Å². The summed E-state index contributed by atoms with van der Waals surface area (Å²) in [6, 6.07) is 8.38. The van der Waals surface area contributed by atoms with E-state index in [0.717, 1.165) is 24.5 Å². The molecule has 4 aliphatic rings. The molecular weight excluding hydrogens is 306 g/mol. The summed E-state index contributed by atoms with van der Waals surface area (Å²) in [6.45, 7) is 1.22. The number of rotatable bonds is 1. The highest BCUT2D eigenvalue weighted by atomic mass is 16.7. The first-order valence-electron chi connectivity index (χ1n) is 8.19. The third-order valence-corrected chi connectivity index (χ3v) is 5.54. The lowest BCUT2D eigenvalue weighted by Gasteiger charge is -2.36. The van der Waals surface area contributed by atoms with Crippen LogP contribution in [0.15, 0.2) is 24.3 Å². The summed E-state index contributed by atoms with van der Waals surface area (Å²) in [5.41, 5.74) is 5.00. The van der Waals surface area contributed by atoms with E-state index in [-0.39, 0.29) is 17.7 Å². The van der Waals surface area contributed by atoms with Gasteiger partial charge in [-0.1, -0.05) is 0 Å². The van der Waals surface area contributed by atoms with E-state index in [1.165, 1.54) is 22.3 Å². The van der Waals surface area contributed by atoms with Crippen molar-refractivity contribution in [3.63, 3.8) is 0 Å². The summed E-state index contributed by atoms with van der Waals surface area (Å²) in [7, 11) is 3.75. The highest BCUT2D eigenvalue weighted by Gasteiger charge is 2.39. The average Bonchev–Trinajstić information content (AvgIpc) is 2.93. The Balaban J connectivity index is 1.74. The van der Waals surface area contributed by atoms with Crippen LogP contribution in [0.4, 0.5) is 0 Å². The lowest BCUT2D eigenvalue weighted by atomic mass is 9.84. The maximum absolute atomic E-state index is 10.3. The molecule has 0 unspecified atom stereocenters. The molecule has 0 amide bonds. The fraction of sp³-hybridized carbons (Fsp3) is 0.368. The van der Waals surface area contributed by atoms with Gasteiger partial charge in [0.2, 0.25) is 6.79 Å². The average molecular weight is 325 g/mol. The Morgan fingerprint density at radius 2 is 1.88 bits per heavy atom. The van der Waals surface area contributed by atoms with E-state index in [0.29, 0.717) is 12.5 Å². The van der Waals surface area contributed by atoms with Crippen molar-refractivity contribution >= 4 is 0 Å². The van der Waals surface area contributed by atoms with E-state index in [1.807, 2.05) is 12.1 Å². The minimum atomic E-state index is 0.203. The Morgan fingerprint density at radius 3 is 2.67 bits per heavy atom. The third-order valence-electron chi connectivity index (χ3n) is 5.54. The van der Waals surface area contributed by atoms with Crippen molar-refractivity contribution in [3.8, 4) is 23.0 Å². The highest BCUT2D eigenvalue weighted by molar-refractivity contribution is 5.59. The van der Waals surface area contributed by atoms with Gasteiger partial charge in [-0.15, -0.1) is 0 Å². The van der Waals surface area contributed by atoms with Gasteiger partial charge in [0.05, 0.1) is 7.11 Å². The monoisotopic (exact) mass is 325 g/mol. The largest absolute Gasteiger partial charge is 0.504 e. The van der Waals surface area contributed by atoms with E-state index in [1.54, 1.807) is 7.11 Å². The zero-order chi connectivity index (χ0) is 16.4. The predicted molar refractivity (Wildman–Crippen MR) is 88.1 cm³/mol. The molecule has 0 spiro atoms. The number of fused-ring (bicyclic) bond motifs is 2. The number of benzene rings is 2. The fourth-order valence-electron chi connectivity index (χ4n) is 4.35. The van der Waals surface area contributed by atoms with Crippen molar-refractivity contribution in [2.75, 3.05) is 27.5 Å². The van der Waals surface area contributed by atoms with Crippen LogP contribution >= 0.6 is 0 Å². The number of nitrogens with zero attached hydrogens (tertiary/aromatic N) is 1. The summed E-state index contributed by atoms with van der Waals surface area (Å²) in [4.78, 5) is 2.39. The molecule has 0 saturated heterocycles. The lowest BCUT2D eigenvalue weighted by Crippen LogP contribution is -2.33. The van der Waals surface area contributed by atoms with Crippen LogP contribution < -0.4 is 14.2 Å². The second-order valence-electron chi connectivity index (χ2n) is 6.77. The molecule has 1 N–H and O–H groups in total.